The molecule has 1 aromatic carbocycles. The van der Waals surface area contributed by atoms with E-state index in [0.717, 1.165) is 45.3 Å². The number of aryl methyl sites for hydroxylation is 1. The Bertz CT molecular complexity index is 680. The molecule has 0 atom stereocenters. The van der Waals surface area contributed by atoms with Gasteiger partial charge in [0.1, 0.15) is 6.61 Å². The summed E-state index contributed by atoms with van der Waals surface area (Å²) in [5.41, 5.74) is 1.66. The summed E-state index contributed by atoms with van der Waals surface area (Å²) in [4.78, 5) is 12.1. The molecule has 2 aromatic rings. The standard InChI is InChI=1S/C21H28N2O4/c24-21(22-15-18-9-12-25-13-10-18)20-14-19(27-23-20)16-26-11-5-4-8-17-6-2-1-3-7-17/h1-3,6-7,14,18H,4-5,8-13,15-16H2,(H,22,24). The second kappa shape index (κ2) is 10.8. The van der Waals surface area contributed by atoms with Gasteiger partial charge in [0.2, 0.25) is 0 Å². The molecule has 1 aromatic heterocycles. The van der Waals surface area contributed by atoms with Crippen LogP contribution in [-0.2, 0) is 22.5 Å². The van der Waals surface area contributed by atoms with E-state index in [9.17, 15) is 4.79 Å². The van der Waals surface area contributed by atoms with Crippen molar-refractivity contribution in [2.75, 3.05) is 26.4 Å². The van der Waals surface area contributed by atoms with Gasteiger partial charge in [-0.1, -0.05) is 35.5 Å². The highest BCUT2D eigenvalue weighted by Gasteiger charge is 2.17. The minimum Gasteiger partial charge on any atom is -0.381 e. The quantitative estimate of drug-likeness (QED) is 0.647. The van der Waals surface area contributed by atoms with Crippen LogP contribution in [0, 0.1) is 5.92 Å². The van der Waals surface area contributed by atoms with Crippen LogP contribution in [-0.4, -0.2) is 37.4 Å². The molecule has 0 radical (unpaired) electrons. The molecule has 2 heterocycles. The monoisotopic (exact) mass is 372 g/mol. The zero-order valence-corrected chi connectivity index (χ0v) is 15.7. The van der Waals surface area contributed by atoms with Crippen LogP contribution in [0.2, 0.25) is 0 Å². The summed E-state index contributed by atoms with van der Waals surface area (Å²) in [6, 6.07) is 12.1. The van der Waals surface area contributed by atoms with E-state index in [0.29, 0.717) is 37.1 Å². The Morgan fingerprint density at radius 3 is 2.81 bits per heavy atom. The van der Waals surface area contributed by atoms with Crippen molar-refractivity contribution in [2.45, 2.75) is 38.7 Å². The van der Waals surface area contributed by atoms with Gasteiger partial charge in [0.15, 0.2) is 11.5 Å². The van der Waals surface area contributed by atoms with Gasteiger partial charge in [-0.05, 0) is 43.6 Å². The van der Waals surface area contributed by atoms with Crippen molar-refractivity contribution in [2.24, 2.45) is 5.92 Å². The topological polar surface area (TPSA) is 73.6 Å². The number of aromatic nitrogens is 1. The zero-order valence-electron chi connectivity index (χ0n) is 15.7. The van der Waals surface area contributed by atoms with E-state index >= 15 is 0 Å². The molecule has 146 valence electrons. The molecule has 0 unspecified atom stereocenters. The zero-order chi connectivity index (χ0) is 18.7. The SMILES string of the molecule is O=C(NCC1CCOCC1)c1cc(COCCCCc2ccccc2)on1. The Hall–Kier alpha value is -2.18. The molecule has 0 aliphatic carbocycles. The first-order valence-corrected chi connectivity index (χ1v) is 9.74. The second-order valence-electron chi connectivity index (χ2n) is 6.94. The molecule has 6 heteroatoms. The maximum absolute atomic E-state index is 12.1. The van der Waals surface area contributed by atoms with Gasteiger partial charge < -0.3 is 19.3 Å². The van der Waals surface area contributed by atoms with Gasteiger partial charge in [0, 0.05) is 32.4 Å². The average molecular weight is 372 g/mol. The summed E-state index contributed by atoms with van der Waals surface area (Å²) in [7, 11) is 0. The molecule has 1 fully saturated rings. The first-order chi connectivity index (χ1) is 13.3. The number of nitrogens with one attached hydrogen (secondary N) is 1. The summed E-state index contributed by atoms with van der Waals surface area (Å²) in [6.45, 7) is 3.21. The summed E-state index contributed by atoms with van der Waals surface area (Å²) >= 11 is 0. The smallest absolute Gasteiger partial charge is 0.273 e. The summed E-state index contributed by atoms with van der Waals surface area (Å²) in [5.74, 6) is 0.863. The van der Waals surface area contributed by atoms with Gasteiger partial charge in [-0.3, -0.25) is 4.79 Å². The van der Waals surface area contributed by atoms with Crippen molar-refractivity contribution >= 4 is 5.91 Å². The fraction of sp³-hybridized carbons (Fsp3) is 0.524. The van der Waals surface area contributed by atoms with Gasteiger partial charge >= 0.3 is 0 Å². The summed E-state index contributed by atoms with van der Waals surface area (Å²) < 4.78 is 16.1. The molecule has 1 aliphatic rings. The van der Waals surface area contributed by atoms with Gasteiger partial charge in [-0.25, -0.2) is 0 Å². The number of hydrogen-bond donors (Lipinski definition) is 1. The third-order valence-electron chi connectivity index (χ3n) is 4.78. The van der Waals surface area contributed by atoms with Gasteiger partial charge in [-0.15, -0.1) is 0 Å². The minimum absolute atomic E-state index is 0.195. The lowest BCUT2D eigenvalue weighted by molar-refractivity contribution is 0.0641. The first-order valence-electron chi connectivity index (χ1n) is 9.74. The van der Waals surface area contributed by atoms with Crippen LogP contribution in [0.4, 0.5) is 0 Å². The Balaban J connectivity index is 1.28. The summed E-state index contributed by atoms with van der Waals surface area (Å²) in [5, 5.41) is 6.77. The average Bonchev–Trinajstić information content (AvgIpc) is 3.19. The van der Waals surface area contributed by atoms with E-state index in [4.69, 9.17) is 14.0 Å². The van der Waals surface area contributed by atoms with Crippen LogP contribution in [0.1, 0.15) is 47.5 Å². The van der Waals surface area contributed by atoms with Gasteiger partial charge in [0.05, 0.1) is 0 Å². The fourth-order valence-electron chi connectivity index (χ4n) is 3.12. The van der Waals surface area contributed by atoms with E-state index in [2.05, 4.69) is 34.7 Å². The van der Waals surface area contributed by atoms with Crippen molar-refractivity contribution < 1.29 is 18.8 Å². The van der Waals surface area contributed by atoms with Crippen molar-refractivity contribution in [3.63, 3.8) is 0 Å². The molecule has 1 amide bonds. The maximum atomic E-state index is 12.1. The van der Waals surface area contributed by atoms with Crippen LogP contribution in [0.5, 0.6) is 0 Å². The highest BCUT2D eigenvalue weighted by atomic mass is 16.5. The van der Waals surface area contributed by atoms with E-state index in [-0.39, 0.29) is 5.91 Å². The molecule has 0 bridgehead atoms. The number of carbonyl (C=O) groups excluding carboxylic acids is 1. The maximum Gasteiger partial charge on any atom is 0.273 e. The lowest BCUT2D eigenvalue weighted by atomic mass is 10.0. The Kier molecular flexibility index (Phi) is 7.86. The number of rotatable bonds is 10. The predicted molar refractivity (Wildman–Crippen MR) is 101 cm³/mol. The highest BCUT2D eigenvalue weighted by molar-refractivity contribution is 5.92. The van der Waals surface area contributed by atoms with Crippen LogP contribution in [0.25, 0.3) is 0 Å². The number of carbonyl (C=O) groups is 1. The van der Waals surface area contributed by atoms with Crippen molar-refractivity contribution in [3.05, 3.63) is 53.4 Å². The van der Waals surface area contributed by atoms with Crippen molar-refractivity contribution in [1.29, 1.82) is 0 Å². The van der Waals surface area contributed by atoms with Crippen LogP contribution in [0.15, 0.2) is 40.9 Å². The molecule has 1 N–H and O–H groups in total. The lowest BCUT2D eigenvalue weighted by Crippen LogP contribution is -2.32. The Morgan fingerprint density at radius 2 is 2.00 bits per heavy atom. The number of unbranched alkanes of at least 4 members (excludes halogenated alkanes) is 1. The minimum atomic E-state index is -0.195. The number of amides is 1. The molecular weight excluding hydrogens is 344 g/mol. The molecule has 1 saturated heterocycles. The fourth-order valence-corrected chi connectivity index (χ4v) is 3.12. The summed E-state index contributed by atoms with van der Waals surface area (Å²) in [6.07, 6.45) is 5.11. The molecule has 1 aliphatic heterocycles. The number of benzene rings is 1. The highest BCUT2D eigenvalue weighted by Crippen LogP contribution is 2.14. The largest absolute Gasteiger partial charge is 0.381 e. The number of ether oxygens (including phenoxy) is 2. The lowest BCUT2D eigenvalue weighted by Gasteiger charge is -2.21. The third kappa shape index (κ3) is 6.81. The number of hydrogen-bond acceptors (Lipinski definition) is 5. The molecular formula is C21H28N2O4. The van der Waals surface area contributed by atoms with E-state index in [1.165, 1.54) is 5.56 Å². The van der Waals surface area contributed by atoms with Gasteiger partial charge in [0.25, 0.3) is 5.91 Å². The predicted octanol–water partition coefficient (Wildman–Crippen LogP) is 3.37. The van der Waals surface area contributed by atoms with Gasteiger partial charge in [-0.2, -0.15) is 0 Å². The second-order valence-corrected chi connectivity index (χ2v) is 6.94. The third-order valence-corrected chi connectivity index (χ3v) is 4.78. The molecule has 6 nitrogen and oxygen atoms in total. The van der Waals surface area contributed by atoms with E-state index in [1.54, 1.807) is 6.07 Å². The molecule has 3 rings (SSSR count). The Morgan fingerprint density at radius 1 is 1.19 bits per heavy atom. The van der Waals surface area contributed by atoms with Crippen molar-refractivity contribution in [1.82, 2.24) is 10.5 Å². The first kappa shape index (κ1) is 19.6. The molecule has 27 heavy (non-hydrogen) atoms. The normalized spacial score (nSPS) is 15.0. The van der Waals surface area contributed by atoms with E-state index in [1.807, 2.05) is 6.07 Å². The van der Waals surface area contributed by atoms with Crippen LogP contribution in [0.3, 0.4) is 0 Å². The van der Waals surface area contributed by atoms with E-state index < -0.39 is 0 Å². The van der Waals surface area contributed by atoms with Crippen LogP contribution < -0.4 is 5.32 Å². The molecule has 0 saturated carbocycles. The molecule has 0 spiro atoms. The van der Waals surface area contributed by atoms with Crippen LogP contribution >= 0.6 is 0 Å². The Labute approximate surface area is 160 Å². The van der Waals surface area contributed by atoms with Crippen molar-refractivity contribution in [3.8, 4) is 0 Å². The number of nitrogens with zero attached hydrogens (tertiary/aromatic N) is 1.